The number of amides is 1. The number of aliphatic carboxylic acids is 1. The third kappa shape index (κ3) is 7.39. The van der Waals surface area contributed by atoms with E-state index in [-0.39, 0.29) is 24.8 Å². The van der Waals surface area contributed by atoms with Gasteiger partial charge in [-0.15, -0.1) is 0 Å². The number of carboxylic acids is 1. The van der Waals surface area contributed by atoms with Crippen molar-refractivity contribution in [3.8, 4) is 0 Å². The summed E-state index contributed by atoms with van der Waals surface area (Å²) in [5.41, 5.74) is 1.38. The van der Waals surface area contributed by atoms with Crippen LogP contribution in [0.1, 0.15) is 31.7 Å². The summed E-state index contributed by atoms with van der Waals surface area (Å²) in [5.74, 6) is -0.758. The smallest absolute Gasteiger partial charge is 0.411 e. The Morgan fingerprint density at radius 1 is 0.886 bits per heavy atom. The third-order valence-electron chi connectivity index (χ3n) is 7.61. The molecule has 1 amide bonds. The summed E-state index contributed by atoms with van der Waals surface area (Å²) in [5, 5.41) is 8.88. The van der Waals surface area contributed by atoms with E-state index >= 15 is 0 Å². The van der Waals surface area contributed by atoms with Gasteiger partial charge in [-0.3, -0.25) is 14.6 Å². The Balaban J connectivity index is 1.11. The molecule has 1 aromatic rings. The van der Waals surface area contributed by atoms with Crippen LogP contribution in [0.15, 0.2) is 30.3 Å². The number of piperazine rings is 2. The van der Waals surface area contributed by atoms with Gasteiger partial charge >= 0.3 is 12.1 Å². The van der Waals surface area contributed by atoms with Crippen molar-refractivity contribution in [2.24, 2.45) is 0 Å². The van der Waals surface area contributed by atoms with E-state index in [1.807, 2.05) is 4.90 Å². The van der Waals surface area contributed by atoms with E-state index in [1.165, 1.54) is 5.56 Å². The molecule has 1 N–H and O–H groups in total. The van der Waals surface area contributed by atoms with Crippen molar-refractivity contribution in [1.82, 2.24) is 24.5 Å². The molecule has 3 saturated heterocycles. The number of rotatable bonds is 11. The van der Waals surface area contributed by atoms with Crippen LogP contribution in [-0.2, 0) is 16.1 Å². The molecule has 194 valence electrons. The molecule has 0 spiro atoms. The molecular formula is C26H41N5O4. The molecule has 35 heavy (non-hydrogen) atoms. The standard InChI is InChI=1S/C26H41N5O4/c1-22-25(30-19-17-28(18-20-30)12-9-24(32)33)35-26(34)31(22)11-6-5-10-27-13-15-29(16-14-27)21-23-7-3-2-4-8-23/h2-4,7-8,22,25H,5-6,9-21H2,1H3,(H,32,33). The van der Waals surface area contributed by atoms with Gasteiger partial charge in [0.15, 0.2) is 6.23 Å². The number of carbonyl (C=O) groups excluding carboxylic acids is 1. The van der Waals surface area contributed by atoms with Crippen molar-refractivity contribution in [3.63, 3.8) is 0 Å². The van der Waals surface area contributed by atoms with Crippen LogP contribution >= 0.6 is 0 Å². The van der Waals surface area contributed by atoms with E-state index in [0.29, 0.717) is 6.54 Å². The third-order valence-corrected chi connectivity index (χ3v) is 7.61. The van der Waals surface area contributed by atoms with Gasteiger partial charge in [0.2, 0.25) is 0 Å². The van der Waals surface area contributed by atoms with E-state index < -0.39 is 5.97 Å². The Morgan fingerprint density at radius 3 is 2.17 bits per heavy atom. The maximum atomic E-state index is 12.5. The molecule has 3 aliphatic rings. The SMILES string of the molecule is CC1C(N2CCN(CCC(=O)O)CC2)OC(=O)N1CCCCN1CCN(Cc2ccccc2)CC1. The lowest BCUT2D eigenvalue weighted by atomic mass is 10.2. The number of nitrogens with zero attached hydrogens (tertiary/aromatic N) is 5. The molecule has 9 heteroatoms. The van der Waals surface area contributed by atoms with Crippen LogP contribution in [-0.4, -0.2) is 126 Å². The Bertz CT molecular complexity index is 809. The predicted octanol–water partition coefficient (Wildman–Crippen LogP) is 1.84. The van der Waals surface area contributed by atoms with E-state index in [4.69, 9.17) is 9.84 Å². The van der Waals surface area contributed by atoms with Crippen molar-refractivity contribution >= 4 is 12.1 Å². The lowest BCUT2D eigenvalue weighted by molar-refractivity contribution is -0.137. The lowest BCUT2D eigenvalue weighted by Crippen LogP contribution is -2.53. The van der Waals surface area contributed by atoms with E-state index in [1.54, 1.807) is 0 Å². The van der Waals surface area contributed by atoms with Gasteiger partial charge in [-0.2, -0.15) is 0 Å². The number of unbranched alkanes of at least 4 members (excludes halogenated alkanes) is 1. The van der Waals surface area contributed by atoms with Crippen molar-refractivity contribution in [1.29, 1.82) is 0 Å². The highest BCUT2D eigenvalue weighted by atomic mass is 16.6. The normalized spacial score (nSPS) is 25.2. The molecule has 2 atom stereocenters. The summed E-state index contributed by atoms with van der Waals surface area (Å²) in [4.78, 5) is 34.7. The molecule has 3 heterocycles. The Morgan fingerprint density at radius 2 is 1.49 bits per heavy atom. The fraction of sp³-hybridized carbons (Fsp3) is 0.692. The van der Waals surface area contributed by atoms with E-state index in [2.05, 4.69) is 56.9 Å². The summed E-state index contributed by atoms with van der Waals surface area (Å²) >= 11 is 0. The zero-order chi connectivity index (χ0) is 24.6. The van der Waals surface area contributed by atoms with Crippen LogP contribution in [0.2, 0.25) is 0 Å². The molecule has 4 rings (SSSR count). The summed E-state index contributed by atoms with van der Waals surface area (Å²) < 4.78 is 5.75. The van der Waals surface area contributed by atoms with Gasteiger partial charge in [-0.1, -0.05) is 30.3 Å². The van der Waals surface area contributed by atoms with Gasteiger partial charge in [-0.05, 0) is 31.9 Å². The minimum Gasteiger partial charge on any atom is -0.481 e. The number of hydrogen-bond donors (Lipinski definition) is 1. The first-order valence-corrected chi connectivity index (χ1v) is 13.1. The topological polar surface area (TPSA) is 79.8 Å². The molecule has 1 aromatic carbocycles. The Kier molecular flexibility index (Phi) is 9.37. The second-order valence-corrected chi connectivity index (χ2v) is 10.0. The van der Waals surface area contributed by atoms with Crippen LogP contribution in [0, 0.1) is 0 Å². The second-order valence-electron chi connectivity index (χ2n) is 10.0. The lowest BCUT2D eigenvalue weighted by Gasteiger charge is -2.38. The highest BCUT2D eigenvalue weighted by molar-refractivity contribution is 5.70. The molecule has 2 unspecified atom stereocenters. The fourth-order valence-electron chi connectivity index (χ4n) is 5.39. The summed E-state index contributed by atoms with van der Waals surface area (Å²) in [6.07, 6.45) is 1.83. The van der Waals surface area contributed by atoms with Gasteiger partial charge in [0.05, 0.1) is 12.5 Å². The molecule has 0 aliphatic carbocycles. The minimum absolute atomic E-state index is 0.0367. The number of carboxylic acid groups (broad SMARTS) is 1. The summed E-state index contributed by atoms with van der Waals surface area (Å²) in [7, 11) is 0. The van der Waals surface area contributed by atoms with E-state index in [9.17, 15) is 9.59 Å². The van der Waals surface area contributed by atoms with Crippen LogP contribution < -0.4 is 0 Å². The maximum Gasteiger partial charge on any atom is 0.411 e. The van der Waals surface area contributed by atoms with Gasteiger partial charge < -0.3 is 24.5 Å². The molecule has 0 bridgehead atoms. The number of carbonyl (C=O) groups is 2. The molecule has 9 nitrogen and oxygen atoms in total. The van der Waals surface area contributed by atoms with Gasteiger partial charge in [0.25, 0.3) is 0 Å². The van der Waals surface area contributed by atoms with Crippen molar-refractivity contribution in [2.75, 3.05) is 72.0 Å². The zero-order valence-corrected chi connectivity index (χ0v) is 21.1. The first-order chi connectivity index (χ1) is 17.0. The predicted molar refractivity (Wildman–Crippen MR) is 134 cm³/mol. The van der Waals surface area contributed by atoms with Gasteiger partial charge in [0.1, 0.15) is 0 Å². The highest BCUT2D eigenvalue weighted by Gasteiger charge is 2.42. The molecule has 0 saturated carbocycles. The zero-order valence-electron chi connectivity index (χ0n) is 21.1. The van der Waals surface area contributed by atoms with Gasteiger partial charge in [-0.25, -0.2) is 4.79 Å². The second kappa shape index (κ2) is 12.7. The fourth-order valence-corrected chi connectivity index (χ4v) is 5.39. The molecule has 3 aliphatic heterocycles. The van der Waals surface area contributed by atoms with Crippen LogP contribution in [0.4, 0.5) is 4.79 Å². The monoisotopic (exact) mass is 487 g/mol. The number of cyclic esters (lactones) is 1. The average Bonchev–Trinajstić information content (AvgIpc) is 3.15. The largest absolute Gasteiger partial charge is 0.481 e. The Hall–Kier alpha value is -2.20. The average molecular weight is 488 g/mol. The van der Waals surface area contributed by atoms with Crippen molar-refractivity contribution in [3.05, 3.63) is 35.9 Å². The molecular weight excluding hydrogens is 446 g/mol. The first-order valence-electron chi connectivity index (χ1n) is 13.1. The quantitative estimate of drug-likeness (QED) is 0.474. The minimum atomic E-state index is -0.758. The maximum absolute atomic E-state index is 12.5. The molecule has 0 aromatic heterocycles. The number of hydrogen-bond acceptors (Lipinski definition) is 7. The summed E-state index contributed by atoms with van der Waals surface area (Å²) in [6, 6.07) is 10.7. The molecule has 0 radical (unpaired) electrons. The van der Waals surface area contributed by atoms with Crippen molar-refractivity contribution in [2.45, 2.75) is 45.0 Å². The van der Waals surface area contributed by atoms with Gasteiger partial charge in [0, 0.05) is 72.0 Å². The first kappa shape index (κ1) is 25.9. The summed E-state index contributed by atoms with van der Waals surface area (Å²) in [6.45, 7) is 13.2. The van der Waals surface area contributed by atoms with Crippen LogP contribution in [0.25, 0.3) is 0 Å². The Labute approximate surface area is 209 Å². The van der Waals surface area contributed by atoms with E-state index in [0.717, 1.165) is 84.8 Å². The van der Waals surface area contributed by atoms with Crippen molar-refractivity contribution < 1.29 is 19.4 Å². The highest BCUT2D eigenvalue weighted by Crippen LogP contribution is 2.24. The number of benzene rings is 1. The molecule has 3 fully saturated rings. The van der Waals surface area contributed by atoms with Crippen LogP contribution in [0.3, 0.4) is 0 Å². The number of ether oxygens (including phenoxy) is 1. The van der Waals surface area contributed by atoms with Crippen LogP contribution in [0.5, 0.6) is 0 Å².